The largest absolute Gasteiger partial charge is 0.313 e. The number of hydrogen-bond acceptors (Lipinski definition) is 4. The van der Waals surface area contributed by atoms with Crippen LogP contribution in [0, 0.1) is 11.8 Å². The van der Waals surface area contributed by atoms with Crippen molar-refractivity contribution in [3.63, 3.8) is 0 Å². The van der Waals surface area contributed by atoms with Gasteiger partial charge in [0.2, 0.25) is 0 Å². The quantitative estimate of drug-likeness (QED) is 0.772. The van der Waals surface area contributed by atoms with E-state index in [-0.39, 0.29) is 22.2 Å². The molecule has 2 fully saturated rings. The molecule has 0 aromatic rings. The van der Waals surface area contributed by atoms with Crippen LogP contribution in [-0.2, 0) is 0 Å². The number of rotatable bonds is 2. The molecule has 0 aromatic carbocycles. The molecule has 0 radical (unpaired) electrons. The summed E-state index contributed by atoms with van der Waals surface area (Å²) in [7, 11) is 0. The van der Waals surface area contributed by atoms with Crippen LogP contribution in [0.3, 0.4) is 0 Å². The van der Waals surface area contributed by atoms with Crippen molar-refractivity contribution < 1.29 is 10.4 Å². The third kappa shape index (κ3) is 3.76. The lowest BCUT2D eigenvalue weighted by molar-refractivity contribution is -0.260. The van der Waals surface area contributed by atoms with Gasteiger partial charge in [-0.2, -0.15) is 10.1 Å². The molecule has 136 valence electrons. The lowest BCUT2D eigenvalue weighted by Gasteiger charge is -2.54. The Morgan fingerprint density at radius 1 is 0.609 bits per heavy atom. The molecule has 0 atom stereocenters. The molecule has 4 nitrogen and oxygen atoms in total. The Kier molecular flexibility index (Phi) is 4.74. The highest BCUT2D eigenvalue weighted by molar-refractivity contribution is 5.00. The van der Waals surface area contributed by atoms with Gasteiger partial charge in [0.05, 0.1) is 0 Å². The minimum Gasteiger partial charge on any atom is -0.313 e. The van der Waals surface area contributed by atoms with Crippen LogP contribution in [0.15, 0.2) is 0 Å². The first kappa shape index (κ1) is 19.2. The molecule has 0 spiro atoms. The summed E-state index contributed by atoms with van der Waals surface area (Å²) in [5.74, 6) is 1.26. The summed E-state index contributed by atoms with van der Waals surface area (Å²) in [5, 5.41) is 24.1. The molecular formula is C19H38N2O2. The second-order valence-corrected chi connectivity index (χ2v) is 10.7. The smallest absolute Gasteiger partial charge is 0.0413 e. The van der Waals surface area contributed by atoms with Crippen molar-refractivity contribution in [3.05, 3.63) is 0 Å². The Morgan fingerprint density at radius 3 is 1.04 bits per heavy atom. The fourth-order valence-electron chi connectivity index (χ4n) is 5.76. The maximum absolute atomic E-state index is 10.5. The lowest BCUT2D eigenvalue weighted by Crippen LogP contribution is -2.60. The fourth-order valence-corrected chi connectivity index (χ4v) is 5.76. The van der Waals surface area contributed by atoms with E-state index in [1.165, 1.54) is 6.42 Å². The highest BCUT2D eigenvalue weighted by Crippen LogP contribution is 2.47. The number of hydroxylamine groups is 4. The zero-order valence-corrected chi connectivity index (χ0v) is 16.5. The summed E-state index contributed by atoms with van der Waals surface area (Å²) in [6, 6.07) is 0. The van der Waals surface area contributed by atoms with Crippen LogP contribution >= 0.6 is 0 Å². The van der Waals surface area contributed by atoms with E-state index in [9.17, 15) is 10.4 Å². The van der Waals surface area contributed by atoms with Gasteiger partial charge >= 0.3 is 0 Å². The molecule has 2 saturated heterocycles. The highest BCUT2D eigenvalue weighted by Gasteiger charge is 2.48. The van der Waals surface area contributed by atoms with Crippen LogP contribution in [0.25, 0.3) is 0 Å². The molecule has 2 N–H and O–H groups in total. The molecular weight excluding hydrogens is 288 g/mol. The Hall–Kier alpha value is -0.160. The van der Waals surface area contributed by atoms with Crippen molar-refractivity contribution in [2.45, 2.75) is 110 Å². The van der Waals surface area contributed by atoms with Crippen LogP contribution in [0.4, 0.5) is 0 Å². The Balaban J connectivity index is 2.10. The van der Waals surface area contributed by atoms with Crippen molar-refractivity contribution in [1.82, 2.24) is 10.1 Å². The molecule has 23 heavy (non-hydrogen) atoms. The molecule has 0 bridgehead atoms. The van der Waals surface area contributed by atoms with Crippen LogP contribution in [0.2, 0.25) is 0 Å². The summed E-state index contributed by atoms with van der Waals surface area (Å²) in [5.41, 5.74) is -0.686. The number of nitrogens with zero attached hydrogens (tertiary/aromatic N) is 2. The average molecular weight is 327 g/mol. The van der Waals surface area contributed by atoms with E-state index in [0.717, 1.165) is 25.7 Å². The first-order valence-electron chi connectivity index (χ1n) is 9.16. The van der Waals surface area contributed by atoms with Gasteiger partial charge in [-0.3, -0.25) is 0 Å². The fraction of sp³-hybridized carbons (Fsp3) is 1.00. The van der Waals surface area contributed by atoms with Crippen LogP contribution in [0.1, 0.15) is 87.5 Å². The topological polar surface area (TPSA) is 46.9 Å². The van der Waals surface area contributed by atoms with E-state index in [1.807, 2.05) is 0 Å². The molecule has 4 heteroatoms. The number of hydrogen-bond donors (Lipinski definition) is 2. The third-order valence-electron chi connectivity index (χ3n) is 6.11. The molecule has 0 amide bonds. The zero-order chi connectivity index (χ0) is 17.8. The zero-order valence-electron chi connectivity index (χ0n) is 16.5. The third-order valence-corrected chi connectivity index (χ3v) is 6.11. The standard InChI is InChI=1S/C19H38N2O2/c1-16(2)10-14(11-17(3,4)20(16)22)9-15-12-18(5,6)21(23)19(7,8)13-15/h14-15,22-23H,9-13H2,1-8H3. The van der Waals surface area contributed by atoms with E-state index in [0.29, 0.717) is 11.8 Å². The van der Waals surface area contributed by atoms with Crippen molar-refractivity contribution in [2.24, 2.45) is 11.8 Å². The predicted molar refractivity (Wildman–Crippen MR) is 93.6 cm³/mol. The summed E-state index contributed by atoms with van der Waals surface area (Å²) < 4.78 is 0. The molecule has 2 aliphatic heterocycles. The Bertz CT molecular complexity index is 367. The van der Waals surface area contributed by atoms with Crippen molar-refractivity contribution in [3.8, 4) is 0 Å². The van der Waals surface area contributed by atoms with E-state index >= 15 is 0 Å². The first-order chi connectivity index (χ1) is 10.2. The van der Waals surface area contributed by atoms with Crippen LogP contribution in [-0.4, -0.2) is 42.7 Å². The van der Waals surface area contributed by atoms with Gasteiger partial charge in [0, 0.05) is 22.2 Å². The van der Waals surface area contributed by atoms with Crippen molar-refractivity contribution in [1.29, 1.82) is 0 Å². The van der Waals surface area contributed by atoms with E-state index < -0.39 is 0 Å². The molecule has 0 unspecified atom stereocenters. The minimum atomic E-state index is -0.171. The first-order valence-corrected chi connectivity index (χ1v) is 9.16. The molecule has 0 saturated carbocycles. The molecule has 2 aliphatic rings. The summed E-state index contributed by atoms with van der Waals surface area (Å²) in [6.45, 7) is 17.2. The lowest BCUT2D eigenvalue weighted by atomic mass is 9.67. The van der Waals surface area contributed by atoms with Gasteiger partial charge in [-0.1, -0.05) is 0 Å². The second-order valence-electron chi connectivity index (χ2n) is 10.7. The van der Waals surface area contributed by atoms with Gasteiger partial charge in [0.15, 0.2) is 0 Å². The van der Waals surface area contributed by atoms with Crippen molar-refractivity contribution >= 4 is 0 Å². The van der Waals surface area contributed by atoms with E-state index in [4.69, 9.17) is 0 Å². The summed E-state index contributed by atoms with van der Waals surface area (Å²) in [6.07, 6.45) is 5.34. The monoisotopic (exact) mass is 326 g/mol. The maximum atomic E-state index is 10.5. The summed E-state index contributed by atoms with van der Waals surface area (Å²) >= 11 is 0. The molecule has 0 aliphatic carbocycles. The van der Waals surface area contributed by atoms with Gasteiger partial charge in [-0.05, 0) is 99.3 Å². The van der Waals surface area contributed by atoms with Gasteiger partial charge in [-0.25, -0.2) is 0 Å². The number of piperidine rings is 2. The Labute approximate surface area is 142 Å². The highest BCUT2D eigenvalue weighted by atomic mass is 16.5. The van der Waals surface area contributed by atoms with Crippen LogP contribution < -0.4 is 0 Å². The molecule has 2 heterocycles. The molecule has 2 rings (SSSR count). The predicted octanol–water partition coefficient (Wildman–Crippen LogP) is 4.69. The second kappa shape index (κ2) is 5.69. The van der Waals surface area contributed by atoms with E-state index in [1.54, 1.807) is 10.1 Å². The van der Waals surface area contributed by atoms with Crippen LogP contribution in [0.5, 0.6) is 0 Å². The summed E-state index contributed by atoms with van der Waals surface area (Å²) in [4.78, 5) is 0. The van der Waals surface area contributed by atoms with Crippen molar-refractivity contribution in [2.75, 3.05) is 0 Å². The average Bonchev–Trinajstić information content (AvgIpc) is 2.31. The normalized spacial score (nSPS) is 32.1. The van der Waals surface area contributed by atoms with Gasteiger partial charge in [0.1, 0.15) is 0 Å². The van der Waals surface area contributed by atoms with E-state index in [2.05, 4.69) is 55.4 Å². The van der Waals surface area contributed by atoms with Gasteiger partial charge in [-0.15, -0.1) is 0 Å². The minimum absolute atomic E-state index is 0.171. The molecule has 0 aromatic heterocycles. The Morgan fingerprint density at radius 2 is 0.826 bits per heavy atom. The van der Waals surface area contributed by atoms with Gasteiger partial charge < -0.3 is 10.4 Å². The van der Waals surface area contributed by atoms with Gasteiger partial charge in [0.25, 0.3) is 0 Å². The SMILES string of the molecule is CC1(C)CC(CC2CC(C)(C)N(O)C(C)(C)C2)CC(C)(C)N1O. The maximum Gasteiger partial charge on any atom is 0.0413 e.